The summed E-state index contributed by atoms with van der Waals surface area (Å²) >= 11 is 0. The van der Waals surface area contributed by atoms with E-state index in [2.05, 4.69) is 4.72 Å². The van der Waals surface area contributed by atoms with E-state index in [1.165, 1.54) is 0 Å². The van der Waals surface area contributed by atoms with Crippen molar-refractivity contribution in [3.8, 4) is 0 Å². The summed E-state index contributed by atoms with van der Waals surface area (Å²) in [6.45, 7) is 9.01. The predicted octanol–water partition coefficient (Wildman–Crippen LogP) is 2.10. The van der Waals surface area contributed by atoms with Gasteiger partial charge < -0.3 is 9.64 Å². The Balaban J connectivity index is 1.95. The molecular weight excluding hydrogens is 340 g/mol. The van der Waals surface area contributed by atoms with Gasteiger partial charge in [0.05, 0.1) is 22.1 Å². The van der Waals surface area contributed by atoms with Crippen LogP contribution < -0.4 is 9.62 Å². The molecule has 0 saturated carbocycles. The average Bonchev–Trinajstić information content (AvgIpc) is 3.13. The fourth-order valence-electron chi connectivity index (χ4n) is 3.68. The summed E-state index contributed by atoms with van der Waals surface area (Å²) in [5.41, 5.74) is 1.69. The van der Waals surface area contributed by atoms with Gasteiger partial charge in [0.25, 0.3) is 0 Å². The van der Waals surface area contributed by atoms with Gasteiger partial charge in [-0.15, -0.1) is 0 Å². The van der Waals surface area contributed by atoms with Crippen molar-refractivity contribution in [3.63, 3.8) is 0 Å². The molecule has 6 nitrogen and oxygen atoms in total. The topological polar surface area (TPSA) is 75.7 Å². The molecule has 7 heteroatoms. The molecular formula is C18H26N2O4S. The molecule has 2 heterocycles. The Hall–Kier alpha value is -1.44. The molecule has 138 valence electrons. The molecule has 0 bridgehead atoms. The minimum atomic E-state index is -3.64. The minimum absolute atomic E-state index is 0.00922. The van der Waals surface area contributed by atoms with Crippen molar-refractivity contribution >= 4 is 21.6 Å². The molecule has 3 rings (SSSR count). The number of rotatable bonds is 5. The Morgan fingerprint density at radius 2 is 2.08 bits per heavy atom. The van der Waals surface area contributed by atoms with Crippen LogP contribution in [0.3, 0.4) is 0 Å². The summed E-state index contributed by atoms with van der Waals surface area (Å²) < 4.78 is 33.6. The summed E-state index contributed by atoms with van der Waals surface area (Å²) in [6.07, 6.45) is 1.78. The van der Waals surface area contributed by atoms with Crippen LogP contribution in [0.5, 0.6) is 0 Å². The van der Waals surface area contributed by atoms with Crippen LogP contribution >= 0.6 is 0 Å². The van der Waals surface area contributed by atoms with Crippen molar-refractivity contribution in [2.24, 2.45) is 0 Å². The first-order chi connectivity index (χ1) is 11.7. The highest BCUT2D eigenvalue weighted by atomic mass is 32.2. The Morgan fingerprint density at radius 3 is 2.68 bits per heavy atom. The van der Waals surface area contributed by atoms with Crippen LogP contribution in [0.15, 0.2) is 17.0 Å². The number of amides is 1. The number of fused-ring (bicyclic) bond motifs is 1. The Bertz CT molecular complexity index is 796. The maximum atomic E-state index is 12.7. The predicted molar refractivity (Wildman–Crippen MR) is 96.4 cm³/mol. The summed E-state index contributed by atoms with van der Waals surface area (Å²) in [5, 5.41) is 0. The lowest BCUT2D eigenvalue weighted by Gasteiger charge is -2.18. The van der Waals surface area contributed by atoms with E-state index in [1.807, 2.05) is 27.7 Å². The number of nitrogens with zero attached hydrogens (tertiary/aromatic N) is 1. The van der Waals surface area contributed by atoms with Gasteiger partial charge in [-0.25, -0.2) is 13.1 Å². The first kappa shape index (κ1) is 18.4. The summed E-state index contributed by atoms with van der Waals surface area (Å²) in [6, 6.07) is 3.29. The van der Waals surface area contributed by atoms with Crippen LogP contribution in [-0.2, 0) is 25.0 Å². The average molecular weight is 366 g/mol. The van der Waals surface area contributed by atoms with E-state index in [0.717, 1.165) is 29.7 Å². The third-order valence-electron chi connectivity index (χ3n) is 5.15. The third kappa shape index (κ3) is 3.09. The van der Waals surface area contributed by atoms with Crippen LogP contribution in [0.25, 0.3) is 0 Å². The largest absolute Gasteiger partial charge is 0.377 e. The molecule has 1 unspecified atom stereocenters. The zero-order valence-electron chi connectivity index (χ0n) is 15.3. The van der Waals surface area contributed by atoms with E-state index in [0.29, 0.717) is 13.2 Å². The lowest BCUT2D eigenvalue weighted by Crippen LogP contribution is -2.36. The smallest absolute Gasteiger partial charge is 0.240 e. The number of sulfonamides is 1. The van der Waals surface area contributed by atoms with Crippen molar-refractivity contribution in [2.75, 3.05) is 24.6 Å². The molecule has 2 aliphatic rings. The lowest BCUT2D eigenvalue weighted by atomic mass is 9.85. The van der Waals surface area contributed by atoms with Crippen molar-refractivity contribution in [1.82, 2.24) is 4.72 Å². The molecule has 25 heavy (non-hydrogen) atoms. The third-order valence-corrected chi connectivity index (χ3v) is 6.55. The lowest BCUT2D eigenvalue weighted by molar-refractivity contribution is -0.122. The van der Waals surface area contributed by atoms with Gasteiger partial charge in [0, 0.05) is 19.7 Å². The fourth-order valence-corrected chi connectivity index (χ4v) is 4.86. The quantitative estimate of drug-likeness (QED) is 0.866. The van der Waals surface area contributed by atoms with Gasteiger partial charge in [0.2, 0.25) is 15.9 Å². The molecule has 0 aromatic heterocycles. The first-order valence-electron chi connectivity index (χ1n) is 8.77. The second-order valence-corrected chi connectivity index (χ2v) is 9.06. The normalized spacial score (nSPS) is 22.5. The number of anilines is 1. The van der Waals surface area contributed by atoms with E-state index in [-0.39, 0.29) is 23.5 Å². The highest BCUT2D eigenvalue weighted by Gasteiger charge is 2.44. The molecule has 1 atom stereocenters. The Morgan fingerprint density at radius 1 is 1.36 bits per heavy atom. The van der Waals surface area contributed by atoms with Crippen molar-refractivity contribution in [2.45, 2.75) is 57.0 Å². The van der Waals surface area contributed by atoms with Gasteiger partial charge in [-0.1, -0.05) is 0 Å². The van der Waals surface area contributed by atoms with Gasteiger partial charge in [0.1, 0.15) is 0 Å². The highest BCUT2D eigenvalue weighted by molar-refractivity contribution is 7.89. The molecule has 0 radical (unpaired) electrons. The summed E-state index contributed by atoms with van der Waals surface area (Å²) in [7, 11) is -3.64. The minimum Gasteiger partial charge on any atom is -0.377 e. The number of aryl methyl sites for hydroxylation is 1. The van der Waals surface area contributed by atoms with E-state index in [9.17, 15) is 13.2 Å². The van der Waals surface area contributed by atoms with Crippen molar-refractivity contribution in [1.29, 1.82) is 0 Å². The zero-order valence-corrected chi connectivity index (χ0v) is 16.1. The van der Waals surface area contributed by atoms with Crippen LogP contribution in [0.1, 0.15) is 44.7 Å². The van der Waals surface area contributed by atoms with Gasteiger partial charge in [-0.2, -0.15) is 0 Å². The van der Waals surface area contributed by atoms with Gasteiger partial charge in [-0.05, 0) is 63.8 Å². The molecule has 0 spiro atoms. The Kier molecular flexibility index (Phi) is 4.68. The first-order valence-corrected chi connectivity index (χ1v) is 10.2. The number of hydrogen-bond acceptors (Lipinski definition) is 4. The number of ether oxygens (including phenoxy) is 1. The van der Waals surface area contributed by atoms with E-state index >= 15 is 0 Å². The standard InChI is InChI=1S/C18H26N2O4S/c1-5-20-16-12(2)9-14(10-15(16)18(3,4)17(20)21)25(22,23)19-11-13-7-6-8-24-13/h9-10,13,19H,5-8,11H2,1-4H3. The highest BCUT2D eigenvalue weighted by Crippen LogP contribution is 2.44. The van der Waals surface area contributed by atoms with Crippen molar-refractivity contribution < 1.29 is 17.9 Å². The van der Waals surface area contributed by atoms with E-state index < -0.39 is 15.4 Å². The fraction of sp³-hybridized carbons (Fsp3) is 0.611. The zero-order chi connectivity index (χ0) is 18.4. The van der Waals surface area contributed by atoms with Gasteiger partial charge >= 0.3 is 0 Å². The number of likely N-dealkylation sites (N-methyl/N-ethyl adjacent to an activating group) is 1. The number of benzene rings is 1. The number of nitrogens with one attached hydrogen (secondary N) is 1. The van der Waals surface area contributed by atoms with E-state index in [4.69, 9.17) is 4.74 Å². The second kappa shape index (κ2) is 6.37. The number of hydrogen-bond donors (Lipinski definition) is 1. The van der Waals surface area contributed by atoms with Crippen LogP contribution in [0.2, 0.25) is 0 Å². The van der Waals surface area contributed by atoms with Crippen LogP contribution in [0.4, 0.5) is 5.69 Å². The SMILES string of the molecule is CCN1C(=O)C(C)(C)c2cc(S(=O)(=O)NCC3CCCO3)cc(C)c21. The van der Waals surface area contributed by atoms with Crippen LogP contribution in [-0.4, -0.2) is 40.1 Å². The van der Waals surface area contributed by atoms with Crippen molar-refractivity contribution in [3.05, 3.63) is 23.3 Å². The molecule has 2 aliphatic heterocycles. The monoisotopic (exact) mass is 366 g/mol. The van der Waals surface area contributed by atoms with Gasteiger partial charge in [-0.3, -0.25) is 4.79 Å². The number of carbonyl (C=O) groups is 1. The number of carbonyl (C=O) groups excluding carboxylic acids is 1. The molecule has 1 saturated heterocycles. The molecule has 1 fully saturated rings. The molecule has 1 amide bonds. The van der Waals surface area contributed by atoms with Crippen LogP contribution in [0, 0.1) is 6.92 Å². The molecule has 1 aromatic carbocycles. The maximum Gasteiger partial charge on any atom is 0.240 e. The summed E-state index contributed by atoms with van der Waals surface area (Å²) in [4.78, 5) is 14.6. The molecule has 1 aromatic rings. The Labute approximate surface area is 149 Å². The van der Waals surface area contributed by atoms with E-state index in [1.54, 1.807) is 17.0 Å². The molecule has 1 N–H and O–H groups in total. The maximum absolute atomic E-state index is 12.7. The van der Waals surface area contributed by atoms with Gasteiger partial charge in [0.15, 0.2) is 0 Å². The summed E-state index contributed by atoms with van der Waals surface area (Å²) in [5.74, 6) is 0.00922. The second-order valence-electron chi connectivity index (χ2n) is 7.30. The molecule has 0 aliphatic carbocycles.